The van der Waals surface area contributed by atoms with Gasteiger partial charge in [0.15, 0.2) is 5.69 Å². The number of nitrogens with zero attached hydrogens (tertiary/aromatic N) is 4. The molecule has 0 aliphatic rings. The minimum absolute atomic E-state index is 0.139. The van der Waals surface area contributed by atoms with Crippen LogP contribution >= 0.6 is 11.3 Å². The van der Waals surface area contributed by atoms with Crippen molar-refractivity contribution in [3.05, 3.63) is 34.3 Å². The van der Waals surface area contributed by atoms with Gasteiger partial charge in [-0.1, -0.05) is 11.3 Å². The van der Waals surface area contributed by atoms with Crippen molar-refractivity contribution in [2.75, 3.05) is 13.6 Å². The molecular weight excluding hydrogens is 268 g/mol. The minimum Gasteiger partial charge on any atom is -0.480 e. The lowest BCUT2D eigenvalue weighted by Crippen LogP contribution is -2.32. The fourth-order valence-corrected chi connectivity index (χ4v) is 2.20. The van der Waals surface area contributed by atoms with Gasteiger partial charge >= 0.3 is 5.97 Å². The first-order chi connectivity index (χ1) is 9.06. The lowest BCUT2D eigenvalue weighted by Gasteiger charge is -2.11. The van der Waals surface area contributed by atoms with Gasteiger partial charge in [-0.2, -0.15) is 0 Å². The molecule has 0 radical (unpaired) electrons. The van der Waals surface area contributed by atoms with Gasteiger partial charge in [0.05, 0.1) is 12.7 Å². The van der Waals surface area contributed by atoms with E-state index in [9.17, 15) is 9.59 Å². The van der Waals surface area contributed by atoms with Crippen LogP contribution in [0.3, 0.4) is 0 Å². The summed E-state index contributed by atoms with van der Waals surface area (Å²) < 4.78 is 1.55. The van der Waals surface area contributed by atoms with E-state index in [1.165, 1.54) is 13.2 Å². The molecule has 0 saturated carbocycles. The summed E-state index contributed by atoms with van der Waals surface area (Å²) in [6, 6.07) is 3.90. The first-order valence-corrected chi connectivity index (χ1v) is 6.34. The number of carbonyl (C=O) groups is 2. The Morgan fingerprint density at radius 3 is 2.95 bits per heavy atom. The van der Waals surface area contributed by atoms with Crippen LogP contribution < -0.4 is 0 Å². The molecule has 0 spiro atoms. The van der Waals surface area contributed by atoms with Crippen molar-refractivity contribution in [1.29, 1.82) is 0 Å². The first-order valence-electron chi connectivity index (χ1n) is 5.46. The van der Waals surface area contributed by atoms with Gasteiger partial charge in [0, 0.05) is 11.9 Å². The number of thiophene rings is 1. The molecule has 0 unspecified atom stereocenters. The van der Waals surface area contributed by atoms with E-state index in [-0.39, 0.29) is 12.2 Å². The van der Waals surface area contributed by atoms with Gasteiger partial charge in [0.2, 0.25) is 0 Å². The van der Waals surface area contributed by atoms with Crippen LogP contribution in [-0.2, 0) is 11.3 Å². The molecule has 100 valence electrons. The monoisotopic (exact) mass is 280 g/mol. The topological polar surface area (TPSA) is 88.3 Å². The van der Waals surface area contributed by atoms with E-state index in [1.54, 1.807) is 16.0 Å². The van der Waals surface area contributed by atoms with Crippen molar-refractivity contribution in [3.8, 4) is 0 Å². The molecule has 0 aromatic carbocycles. The zero-order chi connectivity index (χ0) is 13.8. The van der Waals surface area contributed by atoms with Crippen LogP contribution in [0.1, 0.15) is 15.4 Å². The smallest absolute Gasteiger partial charge is 0.323 e. The molecule has 7 nitrogen and oxygen atoms in total. The van der Waals surface area contributed by atoms with Crippen molar-refractivity contribution >= 4 is 23.2 Å². The van der Waals surface area contributed by atoms with Crippen molar-refractivity contribution in [3.63, 3.8) is 0 Å². The van der Waals surface area contributed by atoms with E-state index in [0.717, 1.165) is 9.78 Å². The Hall–Kier alpha value is -2.22. The number of carboxylic acids is 1. The molecule has 19 heavy (non-hydrogen) atoms. The van der Waals surface area contributed by atoms with Gasteiger partial charge in [-0.15, -0.1) is 16.4 Å². The summed E-state index contributed by atoms with van der Waals surface area (Å²) in [6.45, 7) is 0.178. The molecule has 2 rings (SSSR count). The molecule has 2 aromatic heterocycles. The number of rotatable bonds is 5. The predicted octanol–water partition coefficient (Wildman–Crippen LogP) is 0.544. The SMILES string of the molecule is CN(CC(=O)O)C(=O)c1cn(Cc2cccs2)nn1. The van der Waals surface area contributed by atoms with Gasteiger partial charge in [-0.3, -0.25) is 9.59 Å². The van der Waals surface area contributed by atoms with E-state index in [2.05, 4.69) is 10.3 Å². The van der Waals surface area contributed by atoms with E-state index in [0.29, 0.717) is 6.54 Å². The standard InChI is InChI=1S/C11H12N4O3S/c1-14(7-10(16)17)11(18)9-6-15(13-12-9)5-8-3-2-4-19-8/h2-4,6H,5,7H2,1H3,(H,16,17). The highest BCUT2D eigenvalue weighted by molar-refractivity contribution is 7.09. The number of amides is 1. The molecule has 2 aromatic rings. The first kappa shape index (κ1) is 13.2. The summed E-state index contributed by atoms with van der Waals surface area (Å²) in [4.78, 5) is 24.6. The summed E-state index contributed by atoms with van der Waals surface area (Å²) in [5, 5.41) is 18.2. The number of aliphatic carboxylic acids is 1. The van der Waals surface area contributed by atoms with Crippen LogP contribution in [0, 0.1) is 0 Å². The summed E-state index contributed by atoms with van der Waals surface area (Å²) >= 11 is 1.59. The third kappa shape index (κ3) is 3.38. The number of aromatic nitrogens is 3. The highest BCUT2D eigenvalue weighted by Crippen LogP contribution is 2.10. The molecule has 0 saturated heterocycles. The summed E-state index contributed by atoms with van der Waals surface area (Å²) in [6.07, 6.45) is 1.51. The zero-order valence-corrected chi connectivity index (χ0v) is 11.0. The van der Waals surface area contributed by atoms with Gasteiger partial charge in [-0.25, -0.2) is 4.68 Å². The number of likely N-dealkylation sites (N-methyl/N-ethyl adjacent to an activating group) is 1. The van der Waals surface area contributed by atoms with Crippen molar-refractivity contribution < 1.29 is 14.7 Å². The van der Waals surface area contributed by atoms with E-state index in [1.807, 2.05) is 17.5 Å². The highest BCUT2D eigenvalue weighted by atomic mass is 32.1. The van der Waals surface area contributed by atoms with Gasteiger partial charge in [-0.05, 0) is 11.4 Å². The Morgan fingerprint density at radius 2 is 2.32 bits per heavy atom. The van der Waals surface area contributed by atoms with Crippen molar-refractivity contribution in [2.45, 2.75) is 6.54 Å². The Morgan fingerprint density at radius 1 is 1.53 bits per heavy atom. The molecule has 0 atom stereocenters. The van der Waals surface area contributed by atoms with Crippen LogP contribution in [0.15, 0.2) is 23.7 Å². The molecule has 0 aliphatic heterocycles. The van der Waals surface area contributed by atoms with Crippen LogP contribution in [0.2, 0.25) is 0 Å². The second-order valence-corrected chi connectivity index (χ2v) is 4.97. The second kappa shape index (κ2) is 5.61. The third-order valence-corrected chi connectivity index (χ3v) is 3.24. The Balaban J connectivity index is 2.04. The zero-order valence-electron chi connectivity index (χ0n) is 10.2. The van der Waals surface area contributed by atoms with E-state index in [4.69, 9.17) is 5.11 Å². The summed E-state index contributed by atoms with van der Waals surface area (Å²) in [7, 11) is 1.41. The van der Waals surface area contributed by atoms with Gasteiger partial charge in [0.25, 0.3) is 5.91 Å². The molecule has 0 aliphatic carbocycles. The van der Waals surface area contributed by atoms with E-state index < -0.39 is 11.9 Å². The molecule has 1 N–H and O–H groups in total. The Bertz CT molecular complexity index is 579. The predicted molar refractivity (Wildman–Crippen MR) is 68.0 cm³/mol. The summed E-state index contributed by atoms with van der Waals surface area (Å²) in [5.41, 5.74) is 0.139. The van der Waals surface area contributed by atoms with Crippen LogP contribution in [0.4, 0.5) is 0 Å². The maximum atomic E-state index is 11.8. The maximum Gasteiger partial charge on any atom is 0.323 e. The van der Waals surface area contributed by atoms with Gasteiger partial charge in [0.1, 0.15) is 6.54 Å². The van der Waals surface area contributed by atoms with E-state index >= 15 is 0 Å². The fraction of sp³-hybridized carbons (Fsp3) is 0.273. The molecule has 0 fully saturated rings. The minimum atomic E-state index is -1.07. The number of hydrogen-bond donors (Lipinski definition) is 1. The summed E-state index contributed by atoms with van der Waals surface area (Å²) in [5.74, 6) is -1.53. The Labute approximate surface area is 113 Å². The highest BCUT2D eigenvalue weighted by Gasteiger charge is 2.17. The molecule has 0 bridgehead atoms. The third-order valence-electron chi connectivity index (χ3n) is 2.37. The fourth-order valence-electron chi connectivity index (χ4n) is 1.51. The van der Waals surface area contributed by atoms with Crippen LogP contribution in [0.25, 0.3) is 0 Å². The largest absolute Gasteiger partial charge is 0.480 e. The van der Waals surface area contributed by atoms with Crippen molar-refractivity contribution in [1.82, 2.24) is 19.9 Å². The quantitative estimate of drug-likeness (QED) is 0.863. The van der Waals surface area contributed by atoms with Crippen molar-refractivity contribution in [2.24, 2.45) is 0 Å². The molecular formula is C11H12N4O3S. The van der Waals surface area contributed by atoms with Crippen LogP contribution in [-0.4, -0.2) is 50.5 Å². The average molecular weight is 280 g/mol. The normalized spacial score (nSPS) is 10.4. The lowest BCUT2D eigenvalue weighted by atomic mass is 10.4. The second-order valence-electron chi connectivity index (χ2n) is 3.94. The molecule has 2 heterocycles. The number of carbonyl (C=O) groups excluding carboxylic acids is 1. The molecule has 8 heteroatoms. The number of carboxylic acid groups (broad SMARTS) is 1. The Kier molecular flexibility index (Phi) is 3.91. The maximum absolute atomic E-state index is 11.8. The molecule has 1 amide bonds. The average Bonchev–Trinajstić information content (AvgIpc) is 2.99. The number of hydrogen-bond acceptors (Lipinski definition) is 5. The van der Waals surface area contributed by atoms with Gasteiger partial charge < -0.3 is 10.0 Å². The lowest BCUT2D eigenvalue weighted by molar-refractivity contribution is -0.137. The van der Waals surface area contributed by atoms with Crippen LogP contribution in [0.5, 0.6) is 0 Å².